The molecule has 2 aliphatic rings. The van der Waals surface area contributed by atoms with Gasteiger partial charge in [0.15, 0.2) is 5.69 Å². The van der Waals surface area contributed by atoms with E-state index in [1.165, 1.54) is 11.8 Å². The number of ether oxygens (including phenoxy) is 1. The van der Waals surface area contributed by atoms with Crippen molar-refractivity contribution in [2.45, 2.75) is 18.7 Å². The average Bonchev–Trinajstić information content (AvgIpc) is 3.25. The van der Waals surface area contributed by atoms with Gasteiger partial charge in [0, 0.05) is 32.2 Å². The monoisotopic (exact) mass is 313 g/mol. The minimum atomic E-state index is -0.0867. The highest BCUT2D eigenvalue weighted by atomic mass is 16.5. The van der Waals surface area contributed by atoms with Crippen LogP contribution in [0.5, 0.6) is 0 Å². The number of likely N-dealkylation sites (tertiary alicyclic amines) is 1. The molecule has 2 fully saturated rings. The SMILES string of the molecule is O=C(c1ccon1)N1CC2OCCN(Cc3ccccc3)C2C1. The Labute approximate surface area is 134 Å². The van der Waals surface area contributed by atoms with Crippen LogP contribution >= 0.6 is 0 Å². The molecule has 2 unspecified atom stereocenters. The van der Waals surface area contributed by atoms with Gasteiger partial charge in [-0.15, -0.1) is 0 Å². The summed E-state index contributed by atoms with van der Waals surface area (Å²) in [6.45, 7) is 3.77. The number of carbonyl (C=O) groups excluding carboxylic acids is 1. The number of amides is 1. The summed E-state index contributed by atoms with van der Waals surface area (Å²) in [6.07, 6.45) is 1.50. The minimum absolute atomic E-state index is 0.0725. The molecule has 0 bridgehead atoms. The lowest BCUT2D eigenvalue weighted by Crippen LogP contribution is -2.50. The molecule has 0 saturated carbocycles. The number of aromatic nitrogens is 1. The molecular formula is C17H19N3O3. The number of hydrogen-bond acceptors (Lipinski definition) is 5. The molecule has 6 nitrogen and oxygen atoms in total. The van der Waals surface area contributed by atoms with Crippen molar-refractivity contribution in [3.8, 4) is 0 Å². The fraction of sp³-hybridized carbons (Fsp3) is 0.412. The molecule has 2 atom stereocenters. The van der Waals surface area contributed by atoms with Crippen LogP contribution in [0.3, 0.4) is 0 Å². The quantitative estimate of drug-likeness (QED) is 0.857. The van der Waals surface area contributed by atoms with Crippen molar-refractivity contribution < 1.29 is 14.1 Å². The van der Waals surface area contributed by atoms with Crippen molar-refractivity contribution >= 4 is 5.91 Å². The Balaban J connectivity index is 1.47. The molecule has 3 heterocycles. The molecule has 0 N–H and O–H groups in total. The second kappa shape index (κ2) is 6.14. The Hall–Kier alpha value is -2.18. The Morgan fingerprint density at radius 1 is 1.22 bits per heavy atom. The average molecular weight is 313 g/mol. The van der Waals surface area contributed by atoms with Crippen LogP contribution < -0.4 is 0 Å². The van der Waals surface area contributed by atoms with E-state index in [1.807, 2.05) is 11.0 Å². The van der Waals surface area contributed by atoms with Gasteiger partial charge < -0.3 is 14.2 Å². The first kappa shape index (κ1) is 14.4. The topological polar surface area (TPSA) is 58.8 Å². The van der Waals surface area contributed by atoms with Gasteiger partial charge in [0.05, 0.1) is 18.8 Å². The second-order valence-corrected chi connectivity index (χ2v) is 6.03. The number of hydrogen-bond donors (Lipinski definition) is 0. The van der Waals surface area contributed by atoms with Crippen LogP contribution in [0.2, 0.25) is 0 Å². The summed E-state index contributed by atoms with van der Waals surface area (Å²) in [4.78, 5) is 16.7. The van der Waals surface area contributed by atoms with Gasteiger partial charge in [-0.25, -0.2) is 0 Å². The maximum Gasteiger partial charge on any atom is 0.276 e. The van der Waals surface area contributed by atoms with Crippen LogP contribution in [-0.4, -0.2) is 59.3 Å². The van der Waals surface area contributed by atoms with Gasteiger partial charge in [-0.05, 0) is 5.56 Å². The molecule has 1 amide bonds. The third-order valence-corrected chi connectivity index (χ3v) is 4.59. The van der Waals surface area contributed by atoms with E-state index in [0.29, 0.717) is 25.4 Å². The van der Waals surface area contributed by atoms with E-state index >= 15 is 0 Å². The molecule has 0 aliphatic carbocycles. The lowest BCUT2D eigenvalue weighted by molar-refractivity contribution is -0.0503. The first-order valence-corrected chi connectivity index (χ1v) is 7.90. The number of fused-ring (bicyclic) bond motifs is 1. The summed E-state index contributed by atoms with van der Waals surface area (Å²) in [5.74, 6) is -0.0867. The minimum Gasteiger partial charge on any atom is -0.373 e. The van der Waals surface area contributed by atoms with E-state index in [0.717, 1.165) is 13.1 Å². The molecular weight excluding hydrogens is 294 g/mol. The van der Waals surface area contributed by atoms with Gasteiger partial charge in [0.2, 0.25) is 0 Å². The lowest BCUT2D eigenvalue weighted by atomic mass is 10.1. The van der Waals surface area contributed by atoms with Crippen molar-refractivity contribution in [2.24, 2.45) is 0 Å². The summed E-state index contributed by atoms with van der Waals surface area (Å²) in [7, 11) is 0. The highest BCUT2D eigenvalue weighted by molar-refractivity contribution is 5.92. The van der Waals surface area contributed by atoms with E-state index in [9.17, 15) is 4.79 Å². The predicted molar refractivity (Wildman–Crippen MR) is 82.8 cm³/mol. The van der Waals surface area contributed by atoms with E-state index in [1.54, 1.807) is 6.07 Å². The van der Waals surface area contributed by atoms with Gasteiger partial charge in [0.25, 0.3) is 5.91 Å². The molecule has 1 aromatic carbocycles. The molecule has 23 heavy (non-hydrogen) atoms. The van der Waals surface area contributed by atoms with E-state index < -0.39 is 0 Å². The Morgan fingerprint density at radius 2 is 2.09 bits per heavy atom. The van der Waals surface area contributed by atoms with Gasteiger partial charge in [-0.1, -0.05) is 35.5 Å². The second-order valence-electron chi connectivity index (χ2n) is 6.03. The first-order valence-electron chi connectivity index (χ1n) is 7.90. The fourth-order valence-corrected chi connectivity index (χ4v) is 3.42. The Kier molecular flexibility index (Phi) is 3.85. The van der Waals surface area contributed by atoms with Crippen LogP contribution in [0.25, 0.3) is 0 Å². The van der Waals surface area contributed by atoms with Crippen molar-refractivity contribution in [1.29, 1.82) is 0 Å². The summed E-state index contributed by atoms with van der Waals surface area (Å²) in [6, 6.07) is 12.3. The normalized spacial score (nSPS) is 24.6. The highest BCUT2D eigenvalue weighted by Crippen LogP contribution is 2.25. The zero-order chi connectivity index (χ0) is 15.6. The lowest BCUT2D eigenvalue weighted by Gasteiger charge is -2.36. The number of rotatable bonds is 3. The number of benzene rings is 1. The highest BCUT2D eigenvalue weighted by Gasteiger charge is 2.42. The molecule has 6 heteroatoms. The zero-order valence-corrected chi connectivity index (χ0v) is 12.8. The molecule has 1 aromatic heterocycles. The number of carbonyl (C=O) groups is 1. The van der Waals surface area contributed by atoms with Crippen LogP contribution in [0, 0.1) is 0 Å². The molecule has 0 spiro atoms. The summed E-state index contributed by atoms with van der Waals surface area (Å²) < 4.78 is 10.7. The van der Waals surface area contributed by atoms with Gasteiger partial charge in [0.1, 0.15) is 6.26 Å². The third kappa shape index (κ3) is 2.87. The van der Waals surface area contributed by atoms with E-state index in [-0.39, 0.29) is 18.1 Å². The summed E-state index contributed by atoms with van der Waals surface area (Å²) in [5.41, 5.74) is 1.65. The van der Waals surface area contributed by atoms with Crippen molar-refractivity contribution in [1.82, 2.24) is 15.0 Å². The van der Waals surface area contributed by atoms with E-state index in [2.05, 4.69) is 34.3 Å². The van der Waals surface area contributed by atoms with Crippen molar-refractivity contribution in [2.75, 3.05) is 26.2 Å². The Morgan fingerprint density at radius 3 is 2.87 bits per heavy atom. The molecule has 2 aliphatic heterocycles. The van der Waals surface area contributed by atoms with Gasteiger partial charge in [-0.3, -0.25) is 9.69 Å². The summed E-state index contributed by atoms with van der Waals surface area (Å²) in [5, 5.41) is 3.74. The van der Waals surface area contributed by atoms with Gasteiger partial charge >= 0.3 is 0 Å². The van der Waals surface area contributed by atoms with Crippen LogP contribution in [0.15, 0.2) is 47.2 Å². The predicted octanol–water partition coefficient (Wildman–Crippen LogP) is 1.40. The maximum absolute atomic E-state index is 12.4. The van der Waals surface area contributed by atoms with E-state index in [4.69, 9.17) is 9.26 Å². The molecule has 120 valence electrons. The molecule has 2 saturated heterocycles. The number of nitrogens with zero attached hydrogens (tertiary/aromatic N) is 3. The molecule has 0 radical (unpaired) electrons. The standard InChI is InChI=1S/C17H19N3O3/c21-17(14-6-8-23-18-14)20-11-15-16(12-20)22-9-7-19(15)10-13-4-2-1-3-5-13/h1-6,8,15-16H,7,9-12H2. The zero-order valence-electron chi connectivity index (χ0n) is 12.8. The molecule has 4 rings (SSSR count). The number of morpholine rings is 1. The van der Waals surface area contributed by atoms with Crippen LogP contribution in [0.1, 0.15) is 16.1 Å². The summed E-state index contributed by atoms with van der Waals surface area (Å²) >= 11 is 0. The van der Waals surface area contributed by atoms with Crippen LogP contribution in [-0.2, 0) is 11.3 Å². The van der Waals surface area contributed by atoms with Crippen molar-refractivity contribution in [3.63, 3.8) is 0 Å². The Bertz CT molecular complexity index is 659. The van der Waals surface area contributed by atoms with Crippen molar-refractivity contribution in [3.05, 3.63) is 53.9 Å². The largest absolute Gasteiger partial charge is 0.373 e. The van der Waals surface area contributed by atoms with Gasteiger partial charge in [-0.2, -0.15) is 0 Å². The smallest absolute Gasteiger partial charge is 0.276 e. The maximum atomic E-state index is 12.4. The fourth-order valence-electron chi connectivity index (χ4n) is 3.42. The molecule has 2 aromatic rings. The van der Waals surface area contributed by atoms with Crippen LogP contribution in [0.4, 0.5) is 0 Å². The third-order valence-electron chi connectivity index (χ3n) is 4.59. The first-order chi connectivity index (χ1) is 11.3.